The molecule has 3 aromatic rings. The lowest BCUT2D eigenvalue weighted by molar-refractivity contribution is 0.510. The molecule has 4 rings (SSSR count). The van der Waals surface area contributed by atoms with Crippen molar-refractivity contribution in [3.05, 3.63) is 54.1 Å². The molecule has 0 aliphatic carbocycles. The third-order valence-corrected chi connectivity index (χ3v) is 5.59. The first-order chi connectivity index (χ1) is 12.1. The Morgan fingerprint density at radius 2 is 1.88 bits per heavy atom. The molecule has 0 saturated heterocycles. The fourth-order valence-electron chi connectivity index (χ4n) is 2.99. The van der Waals surface area contributed by atoms with Gasteiger partial charge in [0.25, 0.3) is 0 Å². The molecule has 25 heavy (non-hydrogen) atoms. The van der Waals surface area contributed by atoms with Crippen LogP contribution in [0.5, 0.6) is 0 Å². The van der Waals surface area contributed by atoms with E-state index >= 15 is 0 Å². The Morgan fingerprint density at radius 1 is 1.04 bits per heavy atom. The molecule has 0 atom stereocenters. The lowest BCUT2D eigenvalue weighted by Gasteiger charge is -2.14. The van der Waals surface area contributed by atoms with E-state index < -0.39 is 9.84 Å². The van der Waals surface area contributed by atoms with Crippen LogP contribution in [0.2, 0.25) is 0 Å². The van der Waals surface area contributed by atoms with Gasteiger partial charge >= 0.3 is 0 Å². The Hall–Kier alpha value is -2.55. The lowest BCUT2D eigenvalue weighted by Crippen LogP contribution is -2.17. The van der Waals surface area contributed by atoms with Crippen LogP contribution in [-0.4, -0.2) is 37.9 Å². The van der Waals surface area contributed by atoms with Crippen LogP contribution in [0.15, 0.2) is 36.7 Å². The van der Waals surface area contributed by atoms with E-state index in [2.05, 4.69) is 20.3 Å². The van der Waals surface area contributed by atoms with Crippen molar-refractivity contribution < 1.29 is 8.42 Å². The van der Waals surface area contributed by atoms with E-state index in [1.54, 1.807) is 4.68 Å². The monoisotopic (exact) mass is 358 g/mol. The summed E-state index contributed by atoms with van der Waals surface area (Å²) in [4.78, 5) is 4.12. The smallest absolute Gasteiger partial charge is 0.166 e. The minimum atomic E-state index is -3.42. The van der Waals surface area contributed by atoms with Crippen molar-refractivity contribution in [2.45, 2.75) is 37.3 Å². The number of nitrogens with zero attached hydrogens (tertiary/aromatic N) is 6. The first-order valence-corrected chi connectivity index (χ1v) is 10.0. The largest absolute Gasteiger partial charge is 0.314 e. The van der Waals surface area contributed by atoms with Gasteiger partial charge in [0.2, 0.25) is 0 Å². The van der Waals surface area contributed by atoms with Gasteiger partial charge < -0.3 is 4.57 Å². The summed E-state index contributed by atoms with van der Waals surface area (Å²) in [6.45, 7) is 0.786. The molecule has 1 aliphatic heterocycles. The van der Waals surface area contributed by atoms with Crippen LogP contribution in [0.3, 0.4) is 0 Å². The number of hydrogen-bond donors (Lipinski definition) is 0. The zero-order valence-corrected chi connectivity index (χ0v) is 14.4. The van der Waals surface area contributed by atoms with Crippen LogP contribution in [0.1, 0.15) is 30.3 Å². The molecule has 3 heterocycles. The van der Waals surface area contributed by atoms with Gasteiger partial charge in [-0.3, -0.25) is 0 Å². The normalized spacial score (nSPS) is 14.4. The molecule has 8 nitrogen and oxygen atoms in total. The van der Waals surface area contributed by atoms with Gasteiger partial charge in [-0.2, -0.15) is 5.10 Å². The minimum Gasteiger partial charge on any atom is -0.314 e. The Bertz CT molecular complexity index is 977. The second-order valence-electron chi connectivity index (χ2n) is 6.11. The number of para-hydroxylation sites is 1. The van der Waals surface area contributed by atoms with Gasteiger partial charge in [-0.15, -0.1) is 10.2 Å². The van der Waals surface area contributed by atoms with E-state index in [-0.39, 0.29) is 17.3 Å². The van der Waals surface area contributed by atoms with Gasteiger partial charge in [0.15, 0.2) is 15.7 Å². The summed E-state index contributed by atoms with van der Waals surface area (Å²) in [6.07, 6.45) is 4.49. The standard InChI is InChI=1S/C16H18N6O2S/c23-25(24,11-16-19-18-15-8-4-5-9-21(15)16)10-14-17-12-22(20-14)13-6-2-1-3-7-13/h1-3,6-7,12H,4-5,8-11H2. The van der Waals surface area contributed by atoms with Crippen molar-refractivity contribution in [3.63, 3.8) is 0 Å². The van der Waals surface area contributed by atoms with E-state index in [1.165, 1.54) is 6.33 Å². The van der Waals surface area contributed by atoms with Crippen LogP contribution in [0, 0.1) is 0 Å². The molecular formula is C16H18N6O2S. The van der Waals surface area contributed by atoms with Crippen molar-refractivity contribution >= 4 is 9.84 Å². The maximum absolute atomic E-state index is 12.5. The molecule has 0 fully saturated rings. The van der Waals surface area contributed by atoms with Crippen molar-refractivity contribution in [2.24, 2.45) is 0 Å². The zero-order chi connectivity index (χ0) is 17.3. The molecule has 0 radical (unpaired) electrons. The third kappa shape index (κ3) is 3.46. The second-order valence-corrected chi connectivity index (χ2v) is 8.18. The number of sulfone groups is 1. The fraction of sp³-hybridized carbons (Fsp3) is 0.375. The number of hydrogen-bond acceptors (Lipinski definition) is 6. The fourth-order valence-corrected chi connectivity index (χ4v) is 4.22. The Balaban J connectivity index is 1.50. The highest BCUT2D eigenvalue weighted by molar-refractivity contribution is 7.89. The average Bonchev–Trinajstić information content (AvgIpc) is 3.23. The highest BCUT2D eigenvalue weighted by Crippen LogP contribution is 2.17. The Kier molecular flexibility index (Phi) is 4.08. The van der Waals surface area contributed by atoms with E-state index in [4.69, 9.17) is 0 Å². The molecule has 130 valence electrons. The number of aryl methyl sites for hydroxylation is 1. The summed E-state index contributed by atoms with van der Waals surface area (Å²) in [6, 6.07) is 9.46. The molecule has 1 aromatic carbocycles. The molecule has 9 heteroatoms. The predicted molar refractivity (Wildman–Crippen MR) is 90.6 cm³/mol. The van der Waals surface area contributed by atoms with E-state index in [0.29, 0.717) is 5.82 Å². The number of aromatic nitrogens is 6. The van der Waals surface area contributed by atoms with Gasteiger partial charge in [-0.1, -0.05) is 18.2 Å². The predicted octanol–water partition coefficient (Wildman–Crippen LogP) is 1.31. The van der Waals surface area contributed by atoms with Crippen LogP contribution in [-0.2, 0) is 34.3 Å². The highest BCUT2D eigenvalue weighted by atomic mass is 32.2. The van der Waals surface area contributed by atoms with Crippen molar-refractivity contribution in [2.75, 3.05) is 0 Å². The minimum absolute atomic E-state index is 0.139. The topological polar surface area (TPSA) is 95.6 Å². The quantitative estimate of drug-likeness (QED) is 0.682. The number of rotatable bonds is 5. The third-order valence-electron chi connectivity index (χ3n) is 4.19. The summed E-state index contributed by atoms with van der Waals surface area (Å²) >= 11 is 0. The zero-order valence-electron chi connectivity index (χ0n) is 13.6. The Labute approximate surface area is 145 Å². The molecule has 0 amide bonds. The molecule has 0 unspecified atom stereocenters. The summed E-state index contributed by atoms with van der Waals surface area (Å²) in [5.74, 6) is 1.32. The van der Waals surface area contributed by atoms with Gasteiger partial charge in [0, 0.05) is 13.0 Å². The average molecular weight is 358 g/mol. The summed E-state index contributed by atoms with van der Waals surface area (Å²) in [5, 5.41) is 12.4. The maximum atomic E-state index is 12.5. The van der Waals surface area contributed by atoms with Gasteiger partial charge in [0.05, 0.1) is 5.69 Å². The van der Waals surface area contributed by atoms with Crippen LogP contribution in [0.25, 0.3) is 5.69 Å². The van der Waals surface area contributed by atoms with E-state index in [9.17, 15) is 8.42 Å². The summed E-state index contributed by atoms with van der Waals surface area (Å²) in [7, 11) is -3.42. The second kappa shape index (κ2) is 6.40. The van der Waals surface area contributed by atoms with Crippen LogP contribution >= 0.6 is 0 Å². The first kappa shape index (κ1) is 15.9. The number of fused-ring (bicyclic) bond motifs is 1. The molecule has 0 spiro atoms. The van der Waals surface area contributed by atoms with Crippen LogP contribution in [0.4, 0.5) is 0 Å². The highest BCUT2D eigenvalue weighted by Gasteiger charge is 2.23. The maximum Gasteiger partial charge on any atom is 0.166 e. The van der Waals surface area contributed by atoms with Crippen molar-refractivity contribution in [1.82, 2.24) is 29.5 Å². The summed E-state index contributed by atoms with van der Waals surface area (Å²) in [5.41, 5.74) is 0.838. The van der Waals surface area contributed by atoms with Crippen LogP contribution < -0.4 is 0 Å². The SMILES string of the molecule is O=S(=O)(Cc1ncn(-c2ccccc2)n1)Cc1nnc2n1CCCC2. The van der Waals surface area contributed by atoms with E-state index in [0.717, 1.165) is 37.3 Å². The van der Waals surface area contributed by atoms with Crippen molar-refractivity contribution in [1.29, 1.82) is 0 Å². The first-order valence-electron chi connectivity index (χ1n) is 8.18. The molecule has 2 aromatic heterocycles. The molecular weight excluding hydrogens is 340 g/mol. The molecule has 0 saturated carbocycles. The van der Waals surface area contributed by atoms with Crippen molar-refractivity contribution in [3.8, 4) is 5.69 Å². The summed E-state index contributed by atoms with van der Waals surface area (Å²) < 4.78 is 28.6. The Morgan fingerprint density at radius 3 is 2.72 bits per heavy atom. The van der Waals surface area contributed by atoms with Gasteiger partial charge in [0.1, 0.15) is 29.5 Å². The van der Waals surface area contributed by atoms with Gasteiger partial charge in [-0.25, -0.2) is 18.1 Å². The van der Waals surface area contributed by atoms with Gasteiger partial charge in [-0.05, 0) is 25.0 Å². The molecule has 0 bridgehead atoms. The van der Waals surface area contributed by atoms with E-state index in [1.807, 2.05) is 34.9 Å². The number of benzene rings is 1. The lowest BCUT2D eigenvalue weighted by atomic mass is 10.2. The molecule has 1 aliphatic rings. The molecule has 0 N–H and O–H groups in total.